The zero-order valence-corrected chi connectivity index (χ0v) is 11.2. The van der Waals surface area contributed by atoms with Crippen molar-refractivity contribution in [2.24, 2.45) is 0 Å². The third-order valence-corrected chi connectivity index (χ3v) is 2.70. The molecule has 0 atom stereocenters. The molecule has 0 radical (unpaired) electrons. The van der Waals surface area contributed by atoms with Crippen molar-refractivity contribution in [3.63, 3.8) is 0 Å². The summed E-state index contributed by atoms with van der Waals surface area (Å²) in [5.41, 5.74) is 2.89. The molecule has 0 saturated heterocycles. The van der Waals surface area contributed by atoms with Gasteiger partial charge in [-0.3, -0.25) is 5.32 Å². The van der Waals surface area contributed by atoms with Crippen LogP contribution in [0.2, 0.25) is 0 Å². The molecule has 1 aromatic carbocycles. The Labute approximate surface area is 103 Å². The molecule has 1 N–H and O–H groups in total. The van der Waals surface area contributed by atoms with Gasteiger partial charge in [-0.2, -0.15) is 5.26 Å². The van der Waals surface area contributed by atoms with Gasteiger partial charge in [0, 0.05) is 12.1 Å². The normalized spacial score (nSPS) is 11.1. The summed E-state index contributed by atoms with van der Waals surface area (Å²) in [6, 6.07) is 6.41. The highest BCUT2D eigenvalue weighted by Gasteiger charge is 2.16. The predicted octanol–water partition coefficient (Wildman–Crippen LogP) is 2.70. The lowest BCUT2D eigenvalue weighted by Crippen LogP contribution is -2.37. The number of ether oxygens (including phenoxy) is 1. The number of benzene rings is 1. The SMILES string of the molecule is COc1c(C)cc(C)cc1CNC(C)(C)C#N. The van der Waals surface area contributed by atoms with Gasteiger partial charge in [0.1, 0.15) is 11.3 Å². The van der Waals surface area contributed by atoms with Gasteiger partial charge in [-0.1, -0.05) is 17.7 Å². The van der Waals surface area contributed by atoms with Gasteiger partial charge in [0.25, 0.3) is 0 Å². The zero-order chi connectivity index (χ0) is 13.1. The van der Waals surface area contributed by atoms with E-state index in [-0.39, 0.29) is 0 Å². The summed E-state index contributed by atoms with van der Waals surface area (Å²) in [4.78, 5) is 0. The molecule has 0 aliphatic rings. The molecule has 0 saturated carbocycles. The highest BCUT2D eigenvalue weighted by Crippen LogP contribution is 2.25. The fourth-order valence-electron chi connectivity index (χ4n) is 1.82. The van der Waals surface area contributed by atoms with Crippen molar-refractivity contribution in [2.45, 2.75) is 39.8 Å². The summed E-state index contributed by atoms with van der Waals surface area (Å²) in [5.74, 6) is 0.900. The minimum atomic E-state index is -0.525. The Kier molecular flexibility index (Phi) is 4.14. The first kappa shape index (κ1) is 13.5. The molecule has 0 aliphatic heterocycles. The number of methoxy groups -OCH3 is 1. The second kappa shape index (κ2) is 5.20. The van der Waals surface area contributed by atoms with Crippen LogP contribution in [-0.2, 0) is 6.54 Å². The smallest absolute Gasteiger partial charge is 0.126 e. The molecular formula is C14H20N2O. The van der Waals surface area contributed by atoms with Crippen molar-refractivity contribution < 1.29 is 4.74 Å². The average molecular weight is 232 g/mol. The van der Waals surface area contributed by atoms with Crippen LogP contribution in [0.1, 0.15) is 30.5 Å². The first-order valence-electron chi connectivity index (χ1n) is 5.70. The first-order valence-corrected chi connectivity index (χ1v) is 5.70. The molecule has 1 rings (SSSR count). The fraction of sp³-hybridized carbons (Fsp3) is 0.500. The van der Waals surface area contributed by atoms with Crippen molar-refractivity contribution in [1.82, 2.24) is 5.32 Å². The van der Waals surface area contributed by atoms with Crippen LogP contribution in [0.5, 0.6) is 5.75 Å². The molecule has 0 aromatic heterocycles. The number of nitrogens with one attached hydrogen (secondary N) is 1. The van der Waals surface area contributed by atoms with Crippen LogP contribution >= 0.6 is 0 Å². The standard InChI is InChI=1S/C14H20N2O/c1-10-6-11(2)13(17-5)12(7-10)8-16-14(3,4)9-15/h6-7,16H,8H2,1-5H3. The molecule has 0 aliphatic carbocycles. The molecule has 17 heavy (non-hydrogen) atoms. The Hall–Kier alpha value is -1.53. The number of nitrogens with zero attached hydrogens (tertiary/aromatic N) is 1. The van der Waals surface area contributed by atoms with Crippen molar-refractivity contribution in [3.8, 4) is 11.8 Å². The molecule has 3 heteroatoms. The Balaban J connectivity index is 2.95. The van der Waals surface area contributed by atoms with Crippen LogP contribution in [-0.4, -0.2) is 12.6 Å². The third kappa shape index (κ3) is 3.47. The van der Waals surface area contributed by atoms with Crippen molar-refractivity contribution in [3.05, 3.63) is 28.8 Å². The van der Waals surface area contributed by atoms with E-state index in [9.17, 15) is 0 Å². The second-order valence-corrected chi connectivity index (χ2v) is 4.86. The zero-order valence-electron chi connectivity index (χ0n) is 11.2. The van der Waals surface area contributed by atoms with E-state index in [2.05, 4.69) is 30.4 Å². The fourth-order valence-corrected chi connectivity index (χ4v) is 1.82. The van der Waals surface area contributed by atoms with Crippen LogP contribution < -0.4 is 10.1 Å². The second-order valence-electron chi connectivity index (χ2n) is 4.86. The monoisotopic (exact) mass is 232 g/mol. The number of aryl methyl sites for hydroxylation is 2. The van der Waals surface area contributed by atoms with Gasteiger partial charge in [-0.25, -0.2) is 0 Å². The predicted molar refractivity (Wildman–Crippen MR) is 69.0 cm³/mol. The van der Waals surface area contributed by atoms with E-state index in [1.165, 1.54) is 5.56 Å². The van der Waals surface area contributed by atoms with E-state index >= 15 is 0 Å². The van der Waals surface area contributed by atoms with Gasteiger partial charge in [0.15, 0.2) is 0 Å². The number of hydrogen-bond donors (Lipinski definition) is 1. The van der Waals surface area contributed by atoms with E-state index in [0.29, 0.717) is 6.54 Å². The van der Waals surface area contributed by atoms with Gasteiger partial charge in [-0.15, -0.1) is 0 Å². The van der Waals surface area contributed by atoms with Crippen LogP contribution in [0.15, 0.2) is 12.1 Å². The van der Waals surface area contributed by atoms with E-state index in [1.54, 1.807) is 7.11 Å². The molecule has 0 spiro atoms. The lowest BCUT2D eigenvalue weighted by molar-refractivity contribution is 0.399. The number of rotatable bonds is 4. The Morgan fingerprint density at radius 2 is 2.00 bits per heavy atom. The average Bonchev–Trinajstić information content (AvgIpc) is 2.26. The molecule has 0 fully saturated rings. The maximum absolute atomic E-state index is 8.96. The molecule has 3 nitrogen and oxygen atoms in total. The molecule has 0 unspecified atom stereocenters. The maximum atomic E-state index is 8.96. The third-order valence-electron chi connectivity index (χ3n) is 2.70. The largest absolute Gasteiger partial charge is 0.496 e. The highest BCUT2D eigenvalue weighted by atomic mass is 16.5. The molecule has 92 valence electrons. The van der Waals surface area contributed by atoms with E-state index in [0.717, 1.165) is 16.9 Å². The molecular weight excluding hydrogens is 212 g/mol. The lowest BCUT2D eigenvalue weighted by atomic mass is 10.0. The quantitative estimate of drug-likeness (QED) is 0.868. The maximum Gasteiger partial charge on any atom is 0.126 e. The van der Waals surface area contributed by atoms with Crippen LogP contribution in [0.4, 0.5) is 0 Å². The minimum absolute atomic E-state index is 0.525. The highest BCUT2D eigenvalue weighted by molar-refractivity contribution is 5.43. The van der Waals surface area contributed by atoms with Crippen molar-refractivity contribution in [1.29, 1.82) is 5.26 Å². The summed E-state index contributed by atoms with van der Waals surface area (Å²) >= 11 is 0. The Morgan fingerprint density at radius 1 is 1.35 bits per heavy atom. The van der Waals surface area contributed by atoms with Gasteiger partial charge >= 0.3 is 0 Å². The topological polar surface area (TPSA) is 45.0 Å². The molecule has 1 aromatic rings. The Morgan fingerprint density at radius 3 is 2.53 bits per heavy atom. The summed E-state index contributed by atoms with van der Waals surface area (Å²) in [6.45, 7) is 8.45. The van der Waals surface area contributed by atoms with Crippen LogP contribution in [0, 0.1) is 25.2 Å². The molecule has 0 amide bonds. The molecule has 0 bridgehead atoms. The van der Waals surface area contributed by atoms with Crippen LogP contribution in [0.25, 0.3) is 0 Å². The van der Waals surface area contributed by atoms with Gasteiger partial charge in [-0.05, 0) is 33.3 Å². The number of hydrogen-bond acceptors (Lipinski definition) is 3. The number of nitriles is 1. The van der Waals surface area contributed by atoms with Gasteiger partial charge in [0.2, 0.25) is 0 Å². The molecule has 0 heterocycles. The summed E-state index contributed by atoms with van der Waals surface area (Å²) in [5, 5.41) is 12.2. The van der Waals surface area contributed by atoms with E-state index in [1.807, 2.05) is 20.8 Å². The van der Waals surface area contributed by atoms with Gasteiger partial charge in [0.05, 0.1) is 13.2 Å². The van der Waals surface area contributed by atoms with Crippen molar-refractivity contribution in [2.75, 3.05) is 7.11 Å². The minimum Gasteiger partial charge on any atom is -0.496 e. The first-order chi connectivity index (χ1) is 7.89. The lowest BCUT2D eigenvalue weighted by Gasteiger charge is -2.19. The van der Waals surface area contributed by atoms with E-state index < -0.39 is 5.54 Å². The van der Waals surface area contributed by atoms with Crippen LogP contribution in [0.3, 0.4) is 0 Å². The van der Waals surface area contributed by atoms with Gasteiger partial charge < -0.3 is 4.74 Å². The summed E-state index contributed by atoms with van der Waals surface area (Å²) < 4.78 is 5.41. The summed E-state index contributed by atoms with van der Waals surface area (Å²) in [7, 11) is 1.68. The van der Waals surface area contributed by atoms with Crippen molar-refractivity contribution >= 4 is 0 Å². The summed E-state index contributed by atoms with van der Waals surface area (Å²) in [6.07, 6.45) is 0. The Bertz CT molecular complexity index is 444. The van der Waals surface area contributed by atoms with E-state index in [4.69, 9.17) is 10.00 Å².